The number of nitriles is 1. The Hall–Kier alpha value is -0.620. The van der Waals surface area contributed by atoms with Gasteiger partial charge < -0.3 is 5.32 Å². The van der Waals surface area contributed by atoms with E-state index < -0.39 is 0 Å². The van der Waals surface area contributed by atoms with Crippen molar-refractivity contribution >= 4 is 0 Å². The summed E-state index contributed by atoms with van der Waals surface area (Å²) in [5.41, 5.74) is 0. The number of hydrogen-bond acceptors (Lipinski definition) is 2. The van der Waals surface area contributed by atoms with E-state index in [1.807, 2.05) is 13.0 Å². The highest BCUT2D eigenvalue weighted by atomic mass is 19.1. The van der Waals surface area contributed by atoms with Crippen molar-refractivity contribution in [1.29, 1.82) is 5.26 Å². The highest BCUT2D eigenvalue weighted by Crippen LogP contribution is 1.91. The van der Waals surface area contributed by atoms with Gasteiger partial charge in [0.25, 0.3) is 0 Å². The van der Waals surface area contributed by atoms with Crippen LogP contribution >= 0.6 is 0 Å². The van der Waals surface area contributed by atoms with E-state index in [1.165, 1.54) is 0 Å². The zero-order valence-corrected chi connectivity index (χ0v) is 6.39. The van der Waals surface area contributed by atoms with Gasteiger partial charge in [-0.1, -0.05) is 0 Å². The molecule has 0 aliphatic rings. The van der Waals surface area contributed by atoms with Gasteiger partial charge in [-0.15, -0.1) is 0 Å². The van der Waals surface area contributed by atoms with Gasteiger partial charge in [-0.25, -0.2) is 4.39 Å². The van der Waals surface area contributed by atoms with Crippen LogP contribution in [0.2, 0.25) is 0 Å². The SMILES string of the molecule is CC(CF)NC(C)CC#N. The van der Waals surface area contributed by atoms with Gasteiger partial charge >= 0.3 is 0 Å². The summed E-state index contributed by atoms with van der Waals surface area (Å²) in [6.45, 7) is 3.25. The van der Waals surface area contributed by atoms with E-state index >= 15 is 0 Å². The van der Waals surface area contributed by atoms with E-state index in [-0.39, 0.29) is 18.8 Å². The molecule has 0 fully saturated rings. The first-order chi connectivity index (χ1) is 4.70. The van der Waals surface area contributed by atoms with Gasteiger partial charge in [0.2, 0.25) is 0 Å². The molecule has 2 unspecified atom stereocenters. The van der Waals surface area contributed by atoms with E-state index in [0.29, 0.717) is 6.42 Å². The van der Waals surface area contributed by atoms with Gasteiger partial charge in [0, 0.05) is 12.1 Å². The number of hydrogen-bond donors (Lipinski definition) is 1. The van der Waals surface area contributed by atoms with Gasteiger partial charge in [0.05, 0.1) is 12.5 Å². The van der Waals surface area contributed by atoms with Crippen molar-refractivity contribution in [3.05, 3.63) is 0 Å². The lowest BCUT2D eigenvalue weighted by molar-refractivity contribution is 0.366. The largest absolute Gasteiger partial charge is 0.308 e. The second-order valence-electron chi connectivity index (χ2n) is 2.49. The Balaban J connectivity index is 3.38. The van der Waals surface area contributed by atoms with Gasteiger partial charge in [-0.3, -0.25) is 0 Å². The molecule has 2 atom stereocenters. The third kappa shape index (κ3) is 4.28. The van der Waals surface area contributed by atoms with Crippen molar-refractivity contribution < 1.29 is 4.39 Å². The zero-order chi connectivity index (χ0) is 7.98. The first-order valence-corrected chi connectivity index (χ1v) is 3.39. The second-order valence-corrected chi connectivity index (χ2v) is 2.49. The predicted octanol–water partition coefficient (Wildman–Crippen LogP) is 1.24. The quantitative estimate of drug-likeness (QED) is 0.644. The van der Waals surface area contributed by atoms with Crippen molar-refractivity contribution in [2.24, 2.45) is 0 Å². The Morgan fingerprint density at radius 3 is 2.50 bits per heavy atom. The highest BCUT2D eigenvalue weighted by molar-refractivity contribution is 4.78. The third-order valence-corrected chi connectivity index (χ3v) is 1.20. The van der Waals surface area contributed by atoms with Crippen molar-refractivity contribution in [2.45, 2.75) is 32.4 Å². The molecule has 0 rings (SSSR count). The molecule has 0 aromatic rings. The molecular formula is C7H13FN2. The van der Waals surface area contributed by atoms with Crippen LogP contribution in [0.3, 0.4) is 0 Å². The van der Waals surface area contributed by atoms with Crippen LogP contribution in [-0.4, -0.2) is 18.8 Å². The maximum Gasteiger partial charge on any atom is 0.104 e. The molecule has 0 saturated carbocycles. The molecule has 3 heteroatoms. The van der Waals surface area contributed by atoms with Crippen LogP contribution in [0, 0.1) is 11.3 Å². The molecule has 0 aromatic heterocycles. The molecule has 58 valence electrons. The van der Waals surface area contributed by atoms with Gasteiger partial charge in [-0.2, -0.15) is 5.26 Å². The number of nitrogens with zero attached hydrogens (tertiary/aromatic N) is 1. The Morgan fingerprint density at radius 1 is 1.50 bits per heavy atom. The average molecular weight is 144 g/mol. The fraction of sp³-hybridized carbons (Fsp3) is 0.857. The summed E-state index contributed by atoms with van der Waals surface area (Å²) < 4.78 is 11.8. The Kier molecular flexibility index (Phi) is 4.87. The molecule has 0 amide bonds. The summed E-state index contributed by atoms with van der Waals surface area (Å²) in [6, 6.07) is 1.97. The molecule has 0 radical (unpaired) electrons. The fourth-order valence-corrected chi connectivity index (χ4v) is 0.726. The lowest BCUT2D eigenvalue weighted by Gasteiger charge is -2.13. The Labute approximate surface area is 61.0 Å². The van der Waals surface area contributed by atoms with E-state index in [2.05, 4.69) is 5.32 Å². The summed E-state index contributed by atoms with van der Waals surface area (Å²) in [6.07, 6.45) is 0.435. The highest BCUT2D eigenvalue weighted by Gasteiger charge is 2.04. The number of alkyl halides is 1. The predicted molar refractivity (Wildman–Crippen MR) is 38.3 cm³/mol. The minimum atomic E-state index is -0.379. The van der Waals surface area contributed by atoms with Crippen LogP contribution in [0.25, 0.3) is 0 Å². The van der Waals surface area contributed by atoms with Crippen molar-refractivity contribution in [1.82, 2.24) is 5.32 Å². The normalized spacial score (nSPS) is 15.8. The standard InChI is InChI=1S/C7H13FN2/c1-6(3-4-9)10-7(2)5-8/h6-7,10H,3,5H2,1-2H3. The summed E-state index contributed by atoms with van der Waals surface area (Å²) in [5.74, 6) is 0. The summed E-state index contributed by atoms with van der Waals surface area (Å²) >= 11 is 0. The summed E-state index contributed by atoms with van der Waals surface area (Å²) in [7, 11) is 0. The molecular weight excluding hydrogens is 131 g/mol. The molecule has 1 N–H and O–H groups in total. The molecule has 0 spiro atoms. The van der Waals surface area contributed by atoms with Crippen molar-refractivity contribution in [2.75, 3.05) is 6.67 Å². The van der Waals surface area contributed by atoms with Gasteiger partial charge in [0.15, 0.2) is 0 Å². The van der Waals surface area contributed by atoms with Crippen LogP contribution in [0.1, 0.15) is 20.3 Å². The Bertz CT molecular complexity index is 119. The summed E-state index contributed by atoms with van der Waals surface area (Å²) in [4.78, 5) is 0. The van der Waals surface area contributed by atoms with Crippen LogP contribution in [-0.2, 0) is 0 Å². The number of nitrogens with one attached hydrogen (secondary N) is 1. The lowest BCUT2D eigenvalue weighted by atomic mass is 10.2. The van der Waals surface area contributed by atoms with E-state index in [0.717, 1.165) is 0 Å². The van der Waals surface area contributed by atoms with E-state index in [1.54, 1.807) is 6.92 Å². The lowest BCUT2D eigenvalue weighted by Crippen LogP contribution is -2.35. The first-order valence-electron chi connectivity index (χ1n) is 3.39. The van der Waals surface area contributed by atoms with E-state index in [9.17, 15) is 4.39 Å². The third-order valence-electron chi connectivity index (χ3n) is 1.20. The second kappa shape index (κ2) is 5.19. The maximum atomic E-state index is 11.8. The van der Waals surface area contributed by atoms with Crippen LogP contribution in [0.15, 0.2) is 0 Å². The van der Waals surface area contributed by atoms with Gasteiger partial charge in [0.1, 0.15) is 6.67 Å². The summed E-state index contributed by atoms with van der Waals surface area (Å²) in [5, 5.41) is 11.2. The molecule has 2 nitrogen and oxygen atoms in total. The van der Waals surface area contributed by atoms with Crippen LogP contribution < -0.4 is 5.32 Å². The van der Waals surface area contributed by atoms with E-state index in [4.69, 9.17) is 5.26 Å². The monoisotopic (exact) mass is 144 g/mol. The van der Waals surface area contributed by atoms with Crippen molar-refractivity contribution in [3.8, 4) is 6.07 Å². The maximum absolute atomic E-state index is 11.8. The van der Waals surface area contributed by atoms with Crippen molar-refractivity contribution in [3.63, 3.8) is 0 Å². The molecule has 0 aliphatic carbocycles. The topological polar surface area (TPSA) is 35.8 Å². The number of rotatable bonds is 4. The van der Waals surface area contributed by atoms with Crippen LogP contribution in [0.5, 0.6) is 0 Å². The molecule has 10 heavy (non-hydrogen) atoms. The minimum absolute atomic E-state index is 0.0933. The first kappa shape index (κ1) is 9.38. The molecule has 0 aromatic carbocycles. The van der Waals surface area contributed by atoms with Gasteiger partial charge in [-0.05, 0) is 13.8 Å². The fourth-order valence-electron chi connectivity index (χ4n) is 0.726. The average Bonchev–Trinajstić information content (AvgIpc) is 1.88. The minimum Gasteiger partial charge on any atom is -0.308 e. The molecule has 0 bridgehead atoms. The molecule has 0 heterocycles. The van der Waals surface area contributed by atoms with Crippen LogP contribution in [0.4, 0.5) is 4.39 Å². The number of halogens is 1. The molecule has 0 saturated heterocycles. The Morgan fingerprint density at radius 2 is 2.10 bits per heavy atom. The zero-order valence-electron chi connectivity index (χ0n) is 6.39. The molecule has 0 aliphatic heterocycles. The smallest absolute Gasteiger partial charge is 0.104 e.